The topological polar surface area (TPSA) is 0 Å². The van der Waals surface area contributed by atoms with Gasteiger partial charge in [-0.2, -0.15) is 0 Å². The Kier molecular flexibility index (Phi) is 5.74. The van der Waals surface area contributed by atoms with Crippen LogP contribution in [0.25, 0.3) is 0 Å². The van der Waals surface area contributed by atoms with Crippen LogP contribution in [0.15, 0.2) is 18.2 Å². The minimum Gasteiger partial charge on any atom is -0.0654 e. The Morgan fingerprint density at radius 1 is 1.00 bits per heavy atom. The third kappa shape index (κ3) is 3.87. The molecule has 0 N–H and O–H groups in total. The summed E-state index contributed by atoms with van der Waals surface area (Å²) in [6.07, 6.45) is 5.40. The molecule has 0 spiro atoms. The highest BCUT2D eigenvalue weighted by atomic mass is 14.2. The molecule has 1 aromatic rings. The molecule has 96 valence electrons. The molecule has 0 aliphatic carbocycles. The monoisotopic (exact) mass is 232 g/mol. The molecule has 0 aromatic heterocycles. The lowest BCUT2D eigenvalue weighted by molar-refractivity contribution is 0.444. The first-order valence-corrected chi connectivity index (χ1v) is 7.14. The Hall–Kier alpha value is -0.780. The molecule has 0 fully saturated rings. The van der Waals surface area contributed by atoms with E-state index in [-0.39, 0.29) is 0 Å². The molecule has 0 saturated heterocycles. The lowest BCUT2D eigenvalue weighted by atomic mass is 9.80. The van der Waals surface area contributed by atoms with Crippen LogP contribution < -0.4 is 0 Å². The van der Waals surface area contributed by atoms with Gasteiger partial charge in [0.15, 0.2) is 0 Å². The summed E-state index contributed by atoms with van der Waals surface area (Å²) < 4.78 is 0. The summed E-state index contributed by atoms with van der Waals surface area (Å²) in [5, 5.41) is 0. The van der Waals surface area contributed by atoms with Crippen molar-refractivity contribution in [3.8, 4) is 0 Å². The molecule has 1 aromatic carbocycles. The minimum absolute atomic E-state index is 0.739. The Morgan fingerprint density at radius 2 is 1.59 bits per heavy atom. The summed E-state index contributed by atoms with van der Waals surface area (Å²) in [6, 6.07) is 6.70. The van der Waals surface area contributed by atoms with Crippen LogP contribution in [0.2, 0.25) is 0 Å². The van der Waals surface area contributed by atoms with Crippen molar-refractivity contribution in [2.24, 2.45) is 5.92 Å². The standard InChI is InChI=1S/C17H28/c1-6-7-8-12-16(13(2)3)17-14(4)10-9-11-15(17)5/h9-11,13,16H,6-8,12H2,1-5H3. The molecule has 17 heavy (non-hydrogen) atoms. The minimum atomic E-state index is 0.739. The Morgan fingerprint density at radius 3 is 2.06 bits per heavy atom. The molecular weight excluding hydrogens is 204 g/mol. The van der Waals surface area contributed by atoms with Crippen molar-refractivity contribution in [1.29, 1.82) is 0 Å². The maximum atomic E-state index is 2.36. The van der Waals surface area contributed by atoms with Crippen molar-refractivity contribution in [2.75, 3.05) is 0 Å². The SMILES string of the molecule is CCCCCC(c1c(C)cccc1C)C(C)C. The van der Waals surface area contributed by atoms with E-state index in [1.54, 1.807) is 5.56 Å². The molecule has 0 aliphatic rings. The van der Waals surface area contributed by atoms with Crippen LogP contribution in [0.1, 0.15) is 69.1 Å². The molecule has 1 rings (SSSR count). The fourth-order valence-electron chi connectivity index (χ4n) is 2.84. The van der Waals surface area contributed by atoms with Gasteiger partial charge in [-0.1, -0.05) is 58.2 Å². The first-order valence-electron chi connectivity index (χ1n) is 7.14. The summed E-state index contributed by atoms with van der Waals surface area (Å²) in [5.74, 6) is 1.48. The Bertz CT molecular complexity index is 316. The van der Waals surface area contributed by atoms with Gasteiger partial charge in [0, 0.05) is 0 Å². The molecule has 0 nitrogen and oxygen atoms in total. The summed E-state index contributed by atoms with van der Waals surface area (Å²) >= 11 is 0. The molecule has 0 saturated carbocycles. The fourth-order valence-corrected chi connectivity index (χ4v) is 2.84. The highest BCUT2D eigenvalue weighted by molar-refractivity contribution is 5.36. The molecule has 0 heteroatoms. The van der Waals surface area contributed by atoms with Crippen molar-refractivity contribution in [3.63, 3.8) is 0 Å². The fraction of sp³-hybridized carbons (Fsp3) is 0.647. The third-order valence-corrected chi connectivity index (χ3v) is 3.84. The van der Waals surface area contributed by atoms with Crippen LogP contribution in [0.3, 0.4) is 0 Å². The normalized spacial score (nSPS) is 13.1. The van der Waals surface area contributed by atoms with Crippen molar-refractivity contribution < 1.29 is 0 Å². The molecule has 0 radical (unpaired) electrons. The van der Waals surface area contributed by atoms with E-state index in [0.717, 1.165) is 11.8 Å². The lowest BCUT2D eigenvalue weighted by Gasteiger charge is -2.25. The van der Waals surface area contributed by atoms with Gasteiger partial charge in [-0.3, -0.25) is 0 Å². The van der Waals surface area contributed by atoms with Gasteiger partial charge in [0.1, 0.15) is 0 Å². The van der Waals surface area contributed by atoms with Crippen molar-refractivity contribution >= 4 is 0 Å². The van der Waals surface area contributed by atoms with Gasteiger partial charge in [-0.25, -0.2) is 0 Å². The van der Waals surface area contributed by atoms with Gasteiger partial charge in [-0.15, -0.1) is 0 Å². The van der Waals surface area contributed by atoms with Crippen molar-refractivity contribution in [2.45, 2.75) is 66.2 Å². The number of unbranched alkanes of at least 4 members (excludes halogenated alkanes) is 2. The third-order valence-electron chi connectivity index (χ3n) is 3.84. The highest BCUT2D eigenvalue weighted by Crippen LogP contribution is 2.34. The second kappa shape index (κ2) is 6.83. The molecule has 0 bridgehead atoms. The summed E-state index contributed by atoms with van der Waals surface area (Å²) in [4.78, 5) is 0. The zero-order valence-electron chi connectivity index (χ0n) is 12.2. The zero-order valence-corrected chi connectivity index (χ0v) is 12.2. The summed E-state index contributed by atoms with van der Waals surface area (Å²) in [5.41, 5.74) is 4.55. The van der Waals surface area contributed by atoms with Crippen LogP contribution in [0.5, 0.6) is 0 Å². The van der Waals surface area contributed by atoms with Gasteiger partial charge in [0.25, 0.3) is 0 Å². The van der Waals surface area contributed by atoms with E-state index >= 15 is 0 Å². The zero-order chi connectivity index (χ0) is 12.8. The number of hydrogen-bond donors (Lipinski definition) is 0. The van der Waals surface area contributed by atoms with Gasteiger partial charge >= 0.3 is 0 Å². The smallest absolute Gasteiger partial charge is 0.0134 e. The number of benzene rings is 1. The average Bonchev–Trinajstić information content (AvgIpc) is 2.26. The first kappa shape index (κ1) is 14.3. The van der Waals surface area contributed by atoms with Crippen molar-refractivity contribution in [1.82, 2.24) is 0 Å². The van der Waals surface area contributed by atoms with E-state index in [1.165, 1.54) is 36.8 Å². The Labute approximate surface area is 107 Å². The quantitative estimate of drug-likeness (QED) is 0.558. The van der Waals surface area contributed by atoms with Gasteiger partial charge < -0.3 is 0 Å². The van der Waals surface area contributed by atoms with E-state index in [0.29, 0.717) is 0 Å². The van der Waals surface area contributed by atoms with Gasteiger partial charge in [0.05, 0.1) is 0 Å². The Balaban J connectivity index is 2.89. The van der Waals surface area contributed by atoms with Crippen LogP contribution in [0.4, 0.5) is 0 Å². The van der Waals surface area contributed by atoms with E-state index in [4.69, 9.17) is 0 Å². The molecular formula is C17H28. The second-order valence-electron chi connectivity index (χ2n) is 5.65. The van der Waals surface area contributed by atoms with E-state index < -0.39 is 0 Å². The number of hydrogen-bond acceptors (Lipinski definition) is 0. The maximum Gasteiger partial charge on any atom is -0.0134 e. The molecule has 1 atom stereocenters. The van der Waals surface area contributed by atoms with Gasteiger partial charge in [0.2, 0.25) is 0 Å². The number of aryl methyl sites for hydroxylation is 2. The van der Waals surface area contributed by atoms with Crippen molar-refractivity contribution in [3.05, 3.63) is 34.9 Å². The van der Waals surface area contributed by atoms with Crippen LogP contribution in [-0.4, -0.2) is 0 Å². The van der Waals surface area contributed by atoms with Crippen LogP contribution in [-0.2, 0) is 0 Å². The largest absolute Gasteiger partial charge is 0.0654 e. The molecule has 0 amide bonds. The van der Waals surface area contributed by atoms with Gasteiger partial charge in [-0.05, 0) is 48.8 Å². The molecule has 0 heterocycles. The summed E-state index contributed by atoms with van der Waals surface area (Å²) in [7, 11) is 0. The van der Waals surface area contributed by atoms with E-state index in [2.05, 4.69) is 52.8 Å². The molecule has 1 unspecified atom stereocenters. The predicted octanol–water partition coefficient (Wildman–Crippen LogP) is 5.62. The maximum absolute atomic E-state index is 2.36. The highest BCUT2D eigenvalue weighted by Gasteiger charge is 2.18. The lowest BCUT2D eigenvalue weighted by Crippen LogP contribution is -2.10. The summed E-state index contributed by atoms with van der Waals surface area (Å²) in [6.45, 7) is 11.5. The van der Waals surface area contributed by atoms with Crippen LogP contribution >= 0.6 is 0 Å². The van der Waals surface area contributed by atoms with E-state index in [1.807, 2.05) is 0 Å². The second-order valence-corrected chi connectivity index (χ2v) is 5.65. The van der Waals surface area contributed by atoms with Crippen LogP contribution in [0, 0.1) is 19.8 Å². The van der Waals surface area contributed by atoms with E-state index in [9.17, 15) is 0 Å². The predicted molar refractivity (Wildman–Crippen MR) is 77.6 cm³/mol. The average molecular weight is 232 g/mol. The number of rotatable bonds is 6. The molecule has 0 aliphatic heterocycles. The first-order chi connectivity index (χ1) is 8.07.